The van der Waals surface area contributed by atoms with E-state index in [1.165, 1.54) is 45.2 Å². The maximum Gasteiger partial charge on any atom is 0.0587 e. The molecule has 0 spiro atoms. The van der Waals surface area contributed by atoms with Gasteiger partial charge in [-0.25, -0.2) is 0 Å². The predicted octanol–water partition coefficient (Wildman–Crippen LogP) is 1.24. The van der Waals surface area contributed by atoms with Gasteiger partial charge in [0.05, 0.1) is 6.10 Å². The Morgan fingerprint density at radius 1 is 1.20 bits per heavy atom. The normalized spacial score (nSPS) is 38.4. The quantitative estimate of drug-likeness (QED) is 0.762. The Morgan fingerprint density at radius 2 is 1.93 bits per heavy atom. The van der Waals surface area contributed by atoms with Gasteiger partial charge < -0.3 is 10.1 Å². The molecule has 2 aliphatic rings. The van der Waals surface area contributed by atoms with Crippen LogP contribution in [0.1, 0.15) is 32.1 Å². The lowest BCUT2D eigenvalue weighted by Gasteiger charge is -2.40. The molecule has 1 saturated heterocycles. The molecular formula is C12H24N2O. The second-order valence-corrected chi connectivity index (χ2v) is 4.88. The highest BCUT2D eigenvalue weighted by molar-refractivity contribution is 4.92. The zero-order chi connectivity index (χ0) is 10.7. The van der Waals surface area contributed by atoms with Crippen molar-refractivity contribution in [1.29, 1.82) is 0 Å². The Balaban J connectivity index is 1.96. The average molecular weight is 212 g/mol. The standard InChI is InChI=1S/C12H24N2O/c1-13-11-6-5-10(15-2)9-12(11)14-7-3-4-8-14/h10-13H,3-9H2,1-2H3/t10-,11-,12-/m0/s1. The summed E-state index contributed by atoms with van der Waals surface area (Å²) < 4.78 is 5.52. The van der Waals surface area contributed by atoms with Gasteiger partial charge in [-0.3, -0.25) is 4.90 Å². The topological polar surface area (TPSA) is 24.5 Å². The molecule has 0 bridgehead atoms. The van der Waals surface area contributed by atoms with Gasteiger partial charge in [-0.05, 0) is 52.2 Å². The minimum absolute atomic E-state index is 0.486. The molecule has 0 amide bonds. The number of hydrogen-bond acceptors (Lipinski definition) is 3. The van der Waals surface area contributed by atoms with Crippen LogP contribution in [0.4, 0.5) is 0 Å². The maximum absolute atomic E-state index is 5.52. The van der Waals surface area contributed by atoms with E-state index in [2.05, 4.69) is 17.3 Å². The highest BCUT2D eigenvalue weighted by Crippen LogP contribution is 2.27. The van der Waals surface area contributed by atoms with Crippen molar-refractivity contribution < 1.29 is 4.74 Å². The number of rotatable bonds is 3. The van der Waals surface area contributed by atoms with Gasteiger partial charge in [0.25, 0.3) is 0 Å². The number of hydrogen-bond donors (Lipinski definition) is 1. The molecule has 0 radical (unpaired) electrons. The number of nitrogens with one attached hydrogen (secondary N) is 1. The molecule has 3 nitrogen and oxygen atoms in total. The zero-order valence-electron chi connectivity index (χ0n) is 10.0. The Morgan fingerprint density at radius 3 is 2.53 bits per heavy atom. The van der Waals surface area contributed by atoms with Crippen molar-refractivity contribution in [1.82, 2.24) is 10.2 Å². The summed E-state index contributed by atoms with van der Waals surface area (Å²) in [5.74, 6) is 0. The second kappa shape index (κ2) is 5.28. The fourth-order valence-electron chi connectivity index (χ4n) is 3.14. The minimum atomic E-state index is 0.486. The monoisotopic (exact) mass is 212 g/mol. The van der Waals surface area contributed by atoms with Crippen LogP contribution in [0.5, 0.6) is 0 Å². The van der Waals surface area contributed by atoms with Crippen LogP contribution in [0, 0.1) is 0 Å². The first-order valence-electron chi connectivity index (χ1n) is 6.29. The molecule has 1 aliphatic heterocycles. The van der Waals surface area contributed by atoms with E-state index in [9.17, 15) is 0 Å². The lowest BCUT2D eigenvalue weighted by atomic mass is 9.87. The maximum atomic E-state index is 5.52. The van der Waals surface area contributed by atoms with E-state index in [0.717, 1.165) is 0 Å². The summed E-state index contributed by atoms with van der Waals surface area (Å²) >= 11 is 0. The third kappa shape index (κ3) is 2.52. The van der Waals surface area contributed by atoms with Gasteiger partial charge >= 0.3 is 0 Å². The first-order valence-corrected chi connectivity index (χ1v) is 6.29. The fraction of sp³-hybridized carbons (Fsp3) is 1.00. The molecule has 0 aromatic carbocycles. The second-order valence-electron chi connectivity index (χ2n) is 4.88. The van der Waals surface area contributed by atoms with Crippen molar-refractivity contribution in [2.24, 2.45) is 0 Å². The Bertz CT molecular complexity index is 190. The zero-order valence-corrected chi connectivity index (χ0v) is 10.0. The van der Waals surface area contributed by atoms with E-state index in [1.54, 1.807) is 0 Å². The van der Waals surface area contributed by atoms with Crippen molar-refractivity contribution in [3.63, 3.8) is 0 Å². The molecule has 3 heteroatoms. The number of nitrogens with zero attached hydrogens (tertiary/aromatic N) is 1. The van der Waals surface area contributed by atoms with E-state index in [0.29, 0.717) is 18.2 Å². The van der Waals surface area contributed by atoms with Crippen molar-refractivity contribution in [2.75, 3.05) is 27.2 Å². The van der Waals surface area contributed by atoms with Crippen molar-refractivity contribution in [3.05, 3.63) is 0 Å². The summed E-state index contributed by atoms with van der Waals surface area (Å²) in [5, 5.41) is 3.48. The van der Waals surface area contributed by atoms with E-state index in [1.807, 2.05) is 7.11 Å². The Kier molecular flexibility index (Phi) is 4.00. The molecule has 1 aliphatic carbocycles. The smallest absolute Gasteiger partial charge is 0.0587 e. The van der Waals surface area contributed by atoms with Gasteiger partial charge in [0.2, 0.25) is 0 Å². The fourth-order valence-corrected chi connectivity index (χ4v) is 3.14. The lowest BCUT2D eigenvalue weighted by Crippen LogP contribution is -2.52. The highest BCUT2D eigenvalue weighted by Gasteiger charge is 2.34. The van der Waals surface area contributed by atoms with Crippen molar-refractivity contribution in [3.8, 4) is 0 Å². The molecule has 2 rings (SSSR count). The summed E-state index contributed by atoms with van der Waals surface area (Å²) in [7, 11) is 3.95. The third-order valence-electron chi connectivity index (χ3n) is 4.08. The van der Waals surface area contributed by atoms with Crippen molar-refractivity contribution in [2.45, 2.75) is 50.3 Å². The minimum Gasteiger partial charge on any atom is -0.381 e. The van der Waals surface area contributed by atoms with Crippen LogP contribution in [0.15, 0.2) is 0 Å². The summed E-state index contributed by atoms with van der Waals surface area (Å²) in [5.41, 5.74) is 0. The van der Waals surface area contributed by atoms with Crippen LogP contribution < -0.4 is 5.32 Å². The molecule has 0 aromatic rings. The van der Waals surface area contributed by atoms with Gasteiger partial charge in [-0.2, -0.15) is 0 Å². The van der Waals surface area contributed by atoms with Gasteiger partial charge in [-0.1, -0.05) is 0 Å². The van der Waals surface area contributed by atoms with Gasteiger partial charge in [0.15, 0.2) is 0 Å². The number of ether oxygens (including phenoxy) is 1. The molecular weight excluding hydrogens is 188 g/mol. The van der Waals surface area contributed by atoms with Crippen LogP contribution in [0.25, 0.3) is 0 Å². The summed E-state index contributed by atoms with van der Waals surface area (Å²) in [6.07, 6.45) is 6.93. The molecule has 1 N–H and O–H groups in total. The third-order valence-corrected chi connectivity index (χ3v) is 4.08. The van der Waals surface area contributed by atoms with Gasteiger partial charge in [0.1, 0.15) is 0 Å². The van der Waals surface area contributed by atoms with Crippen LogP contribution in [-0.4, -0.2) is 50.3 Å². The largest absolute Gasteiger partial charge is 0.381 e. The molecule has 1 heterocycles. The Labute approximate surface area is 93.2 Å². The molecule has 15 heavy (non-hydrogen) atoms. The lowest BCUT2D eigenvalue weighted by molar-refractivity contribution is 0.0205. The summed E-state index contributed by atoms with van der Waals surface area (Å²) in [4.78, 5) is 2.66. The van der Waals surface area contributed by atoms with Crippen LogP contribution in [0.3, 0.4) is 0 Å². The first-order chi connectivity index (χ1) is 7.35. The molecule has 3 atom stereocenters. The molecule has 0 aromatic heterocycles. The van der Waals surface area contributed by atoms with Crippen molar-refractivity contribution >= 4 is 0 Å². The molecule has 88 valence electrons. The van der Waals surface area contributed by atoms with Crippen LogP contribution in [-0.2, 0) is 4.74 Å². The number of likely N-dealkylation sites (tertiary alicyclic amines) is 1. The van der Waals surface area contributed by atoms with E-state index in [-0.39, 0.29) is 0 Å². The average Bonchev–Trinajstić information content (AvgIpc) is 2.81. The summed E-state index contributed by atoms with van der Waals surface area (Å²) in [6, 6.07) is 1.38. The van der Waals surface area contributed by atoms with Gasteiger partial charge in [-0.15, -0.1) is 0 Å². The van der Waals surface area contributed by atoms with Gasteiger partial charge in [0, 0.05) is 19.2 Å². The van der Waals surface area contributed by atoms with E-state index in [4.69, 9.17) is 4.74 Å². The van der Waals surface area contributed by atoms with Crippen LogP contribution >= 0.6 is 0 Å². The predicted molar refractivity (Wildman–Crippen MR) is 62.1 cm³/mol. The molecule has 1 saturated carbocycles. The van der Waals surface area contributed by atoms with E-state index < -0.39 is 0 Å². The van der Waals surface area contributed by atoms with Crippen LogP contribution in [0.2, 0.25) is 0 Å². The Hall–Kier alpha value is -0.120. The highest BCUT2D eigenvalue weighted by atomic mass is 16.5. The molecule has 2 fully saturated rings. The van der Waals surface area contributed by atoms with E-state index >= 15 is 0 Å². The SMILES string of the molecule is CN[C@H]1CC[C@H](OC)C[C@@H]1N1CCCC1. The molecule has 0 unspecified atom stereocenters. The first kappa shape index (κ1) is 11.4. The summed E-state index contributed by atoms with van der Waals surface area (Å²) in [6.45, 7) is 2.58. The number of likely N-dealkylation sites (N-methyl/N-ethyl adjacent to an activating group) is 1. The number of methoxy groups -OCH3 is 1.